The molecule has 0 heterocycles. The van der Waals surface area contributed by atoms with Gasteiger partial charge in [0, 0.05) is 4.92 Å². The molecule has 0 aliphatic heterocycles. The van der Waals surface area contributed by atoms with Crippen LogP contribution in [-0.2, 0) is 0 Å². The summed E-state index contributed by atoms with van der Waals surface area (Å²) in [6.45, 7) is 1.81. The molecule has 0 saturated heterocycles. The highest BCUT2D eigenvalue weighted by Gasteiger charge is 2.72. The summed E-state index contributed by atoms with van der Waals surface area (Å²) >= 11 is 0. The molecule has 0 N–H and O–H groups in total. The number of rotatable bonds is 2. The van der Waals surface area contributed by atoms with Crippen molar-refractivity contribution in [2.45, 2.75) is 25.1 Å². The Bertz CT molecular complexity index is 441. The average molecular weight is 245 g/mol. The lowest BCUT2D eigenvalue weighted by atomic mass is 10.1. The molecule has 3 atom stereocenters. The molecule has 0 spiro atoms. The molecule has 3 nitrogen and oxygen atoms in total. The number of halogens is 3. The molecule has 0 radical (unpaired) electrons. The number of nitrogens with zero attached hydrogens (tertiary/aromatic N) is 1. The van der Waals surface area contributed by atoms with Gasteiger partial charge in [-0.3, -0.25) is 10.1 Å². The van der Waals surface area contributed by atoms with E-state index < -0.39 is 29.0 Å². The quantitative estimate of drug-likeness (QED) is 0.594. The summed E-state index contributed by atoms with van der Waals surface area (Å²) in [5.74, 6) is -2.88. The summed E-state index contributed by atoms with van der Waals surface area (Å²) in [6.07, 6.45) is -4.51. The molecule has 1 saturated carbocycles. The Labute approximate surface area is 95.4 Å². The topological polar surface area (TPSA) is 43.1 Å². The van der Waals surface area contributed by atoms with E-state index in [1.165, 1.54) is 12.1 Å². The van der Waals surface area contributed by atoms with E-state index in [0.717, 1.165) is 5.56 Å². The van der Waals surface area contributed by atoms with Crippen molar-refractivity contribution in [2.75, 3.05) is 0 Å². The lowest BCUT2D eigenvalue weighted by molar-refractivity contribution is -0.503. The van der Waals surface area contributed by atoms with E-state index in [0.29, 0.717) is 5.56 Å². The molecule has 1 aliphatic rings. The molecule has 6 heteroatoms. The highest BCUT2D eigenvalue weighted by atomic mass is 19.4. The van der Waals surface area contributed by atoms with Crippen molar-refractivity contribution in [3.63, 3.8) is 0 Å². The molecule has 1 aromatic carbocycles. The van der Waals surface area contributed by atoms with E-state index in [1.807, 2.05) is 6.92 Å². The molecular formula is C11H10F3NO2. The van der Waals surface area contributed by atoms with Crippen LogP contribution in [0.5, 0.6) is 0 Å². The second kappa shape index (κ2) is 3.72. The van der Waals surface area contributed by atoms with Crippen molar-refractivity contribution < 1.29 is 18.1 Å². The van der Waals surface area contributed by atoms with Crippen LogP contribution in [-0.4, -0.2) is 17.1 Å². The number of alkyl halides is 3. The van der Waals surface area contributed by atoms with Crippen LogP contribution in [0, 0.1) is 23.0 Å². The van der Waals surface area contributed by atoms with E-state index >= 15 is 0 Å². The van der Waals surface area contributed by atoms with Crippen molar-refractivity contribution in [1.82, 2.24) is 0 Å². The zero-order valence-electron chi connectivity index (χ0n) is 8.94. The van der Waals surface area contributed by atoms with E-state index in [-0.39, 0.29) is 0 Å². The largest absolute Gasteiger partial charge is 0.399 e. The minimum absolute atomic E-state index is 0.389. The van der Waals surface area contributed by atoms with Gasteiger partial charge in [-0.05, 0) is 12.5 Å². The summed E-state index contributed by atoms with van der Waals surface area (Å²) in [5, 5.41) is 10.6. The first kappa shape index (κ1) is 11.9. The van der Waals surface area contributed by atoms with Crippen LogP contribution in [0.3, 0.4) is 0 Å². The molecule has 92 valence electrons. The maximum Gasteiger partial charge on any atom is 0.399 e. The lowest BCUT2D eigenvalue weighted by Crippen LogP contribution is -2.17. The molecule has 1 aromatic rings. The first-order valence-corrected chi connectivity index (χ1v) is 5.09. The zero-order valence-corrected chi connectivity index (χ0v) is 8.94. The molecule has 0 unspecified atom stereocenters. The van der Waals surface area contributed by atoms with Gasteiger partial charge < -0.3 is 0 Å². The standard InChI is InChI=1S/C11H10F3NO2/c1-6-2-4-7(5-3-6)8-9(11(12,13)14)10(8)15(16)17/h2-5,8-10H,1H3/t8-,9+,10+/m0/s1. The van der Waals surface area contributed by atoms with Crippen molar-refractivity contribution in [3.05, 3.63) is 45.5 Å². The Morgan fingerprint density at radius 1 is 1.24 bits per heavy atom. The summed E-state index contributed by atoms with van der Waals surface area (Å²) in [6, 6.07) is 4.86. The average Bonchev–Trinajstić information content (AvgIpc) is 2.93. The van der Waals surface area contributed by atoms with Gasteiger partial charge in [0.05, 0.1) is 5.92 Å². The van der Waals surface area contributed by atoms with Gasteiger partial charge in [0.25, 0.3) is 0 Å². The van der Waals surface area contributed by atoms with Crippen LogP contribution in [0.25, 0.3) is 0 Å². The monoisotopic (exact) mass is 245 g/mol. The Kier molecular flexibility index (Phi) is 2.60. The van der Waals surface area contributed by atoms with E-state index in [9.17, 15) is 23.3 Å². The van der Waals surface area contributed by atoms with Gasteiger partial charge in [0.1, 0.15) is 5.92 Å². The van der Waals surface area contributed by atoms with Gasteiger partial charge in [-0.1, -0.05) is 29.8 Å². The van der Waals surface area contributed by atoms with Crippen LogP contribution in [0.15, 0.2) is 24.3 Å². The molecule has 17 heavy (non-hydrogen) atoms. The molecule has 1 fully saturated rings. The predicted molar refractivity (Wildman–Crippen MR) is 54.2 cm³/mol. The molecule has 1 aliphatic carbocycles. The summed E-state index contributed by atoms with van der Waals surface area (Å²) in [7, 11) is 0. The summed E-state index contributed by atoms with van der Waals surface area (Å²) in [4.78, 5) is 9.74. The molecule has 0 bridgehead atoms. The third kappa shape index (κ3) is 2.11. The zero-order chi connectivity index (χ0) is 12.8. The third-order valence-electron chi connectivity index (χ3n) is 3.07. The molecular weight excluding hydrogens is 235 g/mol. The maximum atomic E-state index is 12.6. The fourth-order valence-corrected chi connectivity index (χ4v) is 2.15. The van der Waals surface area contributed by atoms with Crippen LogP contribution in [0.1, 0.15) is 17.0 Å². The first-order valence-electron chi connectivity index (χ1n) is 5.09. The van der Waals surface area contributed by atoms with Crippen LogP contribution < -0.4 is 0 Å². The van der Waals surface area contributed by atoms with Crippen molar-refractivity contribution in [2.24, 2.45) is 5.92 Å². The Balaban J connectivity index is 2.27. The number of aryl methyl sites for hydroxylation is 1. The minimum Gasteiger partial charge on any atom is -0.264 e. The fourth-order valence-electron chi connectivity index (χ4n) is 2.15. The lowest BCUT2D eigenvalue weighted by Gasteiger charge is -2.03. The normalized spacial score (nSPS) is 27.9. The van der Waals surface area contributed by atoms with Gasteiger partial charge >= 0.3 is 6.18 Å². The number of hydrogen-bond donors (Lipinski definition) is 0. The fraction of sp³-hybridized carbons (Fsp3) is 0.455. The van der Waals surface area contributed by atoms with Gasteiger partial charge in [0.15, 0.2) is 0 Å². The van der Waals surface area contributed by atoms with Crippen molar-refractivity contribution in [1.29, 1.82) is 0 Å². The second-order valence-electron chi connectivity index (χ2n) is 4.28. The van der Waals surface area contributed by atoms with Crippen LogP contribution >= 0.6 is 0 Å². The summed E-state index contributed by atoms with van der Waals surface area (Å²) in [5.41, 5.74) is 1.30. The Morgan fingerprint density at radius 3 is 2.12 bits per heavy atom. The second-order valence-corrected chi connectivity index (χ2v) is 4.28. The van der Waals surface area contributed by atoms with E-state index in [1.54, 1.807) is 12.1 Å². The maximum absolute atomic E-state index is 12.6. The third-order valence-corrected chi connectivity index (χ3v) is 3.07. The number of nitro groups is 1. The number of benzene rings is 1. The Morgan fingerprint density at radius 2 is 1.76 bits per heavy atom. The summed E-state index contributed by atoms with van der Waals surface area (Å²) < 4.78 is 37.7. The van der Waals surface area contributed by atoms with Gasteiger partial charge in [-0.25, -0.2) is 0 Å². The highest BCUT2D eigenvalue weighted by Crippen LogP contribution is 2.57. The van der Waals surface area contributed by atoms with Crippen molar-refractivity contribution in [3.8, 4) is 0 Å². The molecule has 0 amide bonds. The molecule has 2 rings (SSSR count). The van der Waals surface area contributed by atoms with Gasteiger partial charge in [-0.2, -0.15) is 13.2 Å². The van der Waals surface area contributed by atoms with E-state index in [4.69, 9.17) is 0 Å². The SMILES string of the molecule is Cc1ccc([C@@H]2[C@@H]([N+](=O)[O-])[C@@H]2C(F)(F)F)cc1. The van der Waals surface area contributed by atoms with Crippen LogP contribution in [0.2, 0.25) is 0 Å². The Hall–Kier alpha value is -1.59. The number of hydrogen-bond acceptors (Lipinski definition) is 2. The van der Waals surface area contributed by atoms with E-state index in [2.05, 4.69) is 0 Å². The smallest absolute Gasteiger partial charge is 0.264 e. The van der Waals surface area contributed by atoms with Crippen LogP contribution in [0.4, 0.5) is 13.2 Å². The highest BCUT2D eigenvalue weighted by molar-refractivity contribution is 5.32. The first-order chi connectivity index (χ1) is 7.82. The minimum atomic E-state index is -4.51. The van der Waals surface area contributed by atoms with Gasteiger partial charge in [-0.15, -0.1) is 0 Å². The van der Waals surface area contributed by atoms with Crippen molar-refractivity contribution >= 4 is 0 Å². The van der Waals surface area contributed by atoms with Gasteiger partial charge in [0.2, 0.25) is 6.04 Å². The predicted octanol–water partition coefficient (Wildman–Crippen LogP) is 2.92. The molecule has 0 aromatic heterocycles.